The SMILES string of the molecule is Cc1cn2nc([C@@H]3CCCCN3C(=O)c3cc(Cl)ccc3NC(=O)C3CC3)cc2nc1N1CC[C@H](N)C1. The lowest BCUT2D eigenvalue weighted by Gasteiger charge is -2.35. The molecule has 2 aliphatic heterocycles. The Hall–Kier alpha value is -3.17. The van der Waals surface area contributed by atoms with Gasteiger partial charge in [0.05, 0.1) is 23.0 Å². The fourth-order valence-corrected chi connectivity index (χ4v) is 5.67. The first kappa shape index (κ1) is 24.2. The van der Waals surface area contributed by atoms with Crippen LogP contribution in [0.2, 0.25) is 5.02 Å². The van der Waals surface area contributed by atoms with Crippen LogP contribution in [0.3, 0.4) is 0 Å². The molecule has 4 heterocycles. The van der Waals surface area contributed by atoms with Crippen LogP contribution in [0.15, 0.2) is 30.5 Å². The van der Waals surface area contributed by atoms with Crippen LogP contribution in [0, 0.1) is 12.8 Å². The molecular weight excluding hydrogens is 490 g/mol. The van der Waals surface area contributed by atoms with E-state index in [4.69, 9.17) is 27.4 Å². The number of fused-ring (bicyclic) bond motifs is 1. The average Bonchev–Trinajstić information content (AvgIpc) is 3.54. The molecule has 2 amide bonds. The zero-order valence-electron chi connectivity index (χ0n) is 21.0. The normalized spacial score (nSPS) is 22.0. The number of nitrogens with one attached hydrogen (secondary N) is 1. The highest BCUT2D eigenvalue weighted by Crippen LogP contribution is 2.35. The number of piperidine rings is 1. The second-order valence-electron chi connectivity index (χ2n) is 10.6. The molecule has 6 rings (SSSR count). The van der Waals surface area contributed by atoms with Crippen molar-refractivity contribution < 1.29 is 9.59 Å². The maximum Gasteiger partial charge on any atom is 0.256 e. The number of likely N-dealkylation sites (tertiary alicyclic amines) is 1. The van der Waals surface area contributed by atoms with E-state index in [-0.39, 0.29) is 29.8 Å². The number of halogens is 1. The largest absolute Gasteiger partial charge is 0.355 e. The van der Waals surface area contributed by atoms with Crippen LogP contribution < -0.4 is 16.0 Å². The molecule has 0 bridgehead atoms. The van der Waals surface area contributed by atoms with Gasteiger partial charge in [0.15, 0.2) is 5.65 Å². The first-order valence-electron chi connectivity index (χ1n) is 13.2. The lowest BCUT2D eigenvalue weighted by molar-refractivity contribution is -0.117. The molecule has 3 aliphatic rings. The van der Waals surface area contributed by atoms with E-state index in [1.807, 2.05) is 28.6 Å². The van der Waals surface area contributed by atoms with E-state index in [1.165, 1.54) is 0 Å². The summed E-state index contributed by atoms with van der Waals surface area (Å²) in [4.78, 5) is 35.4. The molecule has 194 valence electrons. The zero-order valence-corrected chi connectivity index (χ0v) is 21.7. The van der Waals surface area contributed by atoms with Crippen molar-refractivity contribution in [2.75, 3.05) is 29.9 Å². The van der Waals surface area contributed by atoms with Gasteiger partial charge in [-0.05, 0) is 63.6 Å². The van der Waals surface area contributed by atoms with Gasteiger partial charge in [-0.2, -0.15) is 5.10 Å². The fraction of sp³-hybridized carbons (Fsp3) is 0.481. The van der Waals surface area contributed by atoms with Gasteiger partial charge in [-0.25, -0.2) is 9.50 Å². The molecular formula is C27H32ClN7O2. The third-order valence-electron chi connectivity index (χ3n) is 7.67. The molecule has 3 N–H and O–H groups in total. The maximum absolute atomic E-state index is 13.9. The van der Waals surface area contributed by atoms with Crippen LogP contribution in [-0.4, -0.2) is 57.0 Å². The van der Waals surface area contributed by atoms with E-state index in [9.17, 15) is 9.59 Å². The van der Waals surface area contributed by atoms with Gasteiger partial charge in [0, 0.05) is 54.4 Å². The molecule has 9 nitrogen and oxygen atoms in total. The van der Waals surface area contributed by atoms with Crippen molar-refractivity contribution >= 4 is 40.6 Å². The molecule has 2 atom stereocenters. The first-order chi connectivity index (χ1) is 17.9. The molecule has 2 aromatic heterocycles. The Morgan fingerprint density at radius 3 is 2.70 bits per heavy atom. The second kappa shape index (κ2) is 9.61. The molecule has 0 radical (unpaired) electrons. The Morgan fingerprint density at radius 2 is 1.95 bits per heavy atom. The third kappa shape index (κ3) is 4.78. The Bertz CT molecular complexity index is 1370. The van der Waals surface area contributed by atoms with E-state index >= 15 is 0 Å². The van der Waals surface area contributed by atoms with Crippen molar-refractivity contribution in [2.24, 2.45) is 11.7 Å². The van der Waals surface area contributed by atoms with E-state index in [0.29, 0.717) is 22.8 Å². The Kier molecular flexibility index (Phi) is 6.28. The van der Waals surface area contributed by atoms with Crippen molar-refractivity contribution in [3.8, 4) is 0 Å². The molecule has 1 aliphatic carbocycles. The summed E-state index contributed by atoms with van der Waals surface area (Å²) in [6.45, 7) is 4.36. The summed E-state index contributed by atoms with van der Waals surface area (Å²) >= 11 is 6.29. The predicted octanol–water partition coefficient (Wildman–Crippen LogP) is 3.94. The smallest absolute Gasteiger partial charge is 0.256 e. The van der Waals surface area contributed by atoms with Gasteiger partial charge in [0.2, 0.25) is 5.91 Å². The van der Waals surface area contributed by atoms with Crippen LogP contribution in [0.1, 0.15) is 66.2 Å². The fourth-order valence-electron chi connectivity index (χ4n) is 5.50. The number of anilines is 2. The molecule has 10 heteroatoms. The summed E-state index contributed by atoms with van der Waals surface area (Å²) in [5, 5.41) is 8.26. The minimum absolute atomic E-state index is 0.0384. The monoisotopic (exact) mass is 521 g/mol. The molecule has 1 aromatic carbocycles. The topological polar surface area (TPSA) is 109 Å². The quantitative estimate of drug-likeness (QED) is 0.526. The number of carbonyl (C=O) groups excluding carboxylic acids is 2. The lowest BCUT2D eigenvalue weighted by Crippen LogP contribution is -2.39. The molecule has 0 unspecified atom stereocenters. The summed E-state index contributed by atoms with van der Waals surface area (Å²) in [6, 6.07) is 7.05. The van der Waals surface area contributed by atoms with Crippen LogP contribution in [0.4, 0.5) is 11.5 Å². The molecule has 0 spiro atoms. The van der Waals surface area contributed by atoms with Crippen molar-refractivity contribution in [2.45, 2.75) is 57.5 Å². The van der Waals surface area contributed by atoms with Gasteiger partial charge in [-0.3, -0.25) is 9.59 Å². The predicted molar refractivity (Wildman–Crippen MR) is 143 cm³/mol. The van der Waals surface area contributed by atoms with E-state index in [1.54, 1.807) is 18.2 Å². The van der Waals surface area contributed by atoms with E-state index < -0.39 is 0 Å². The minimum atomic E-state index is -0.183. The summed E-state index contributed by atoms with van der Waals surface area (Å²) in [5.74, 6) is 0.796. The number of aromatic nitrogens is 3. The van der Waals surface area contributed by atoms with Gasteiger partial charge >= 0.3 is 0 Å². The number of benzene rings is 1. The Morgan fingerprint density at radius 1 is 1.11 bits per heavy atom. The van der Waals surface area contributed by atoms with Gasteiger partial charge in [0.1, 0.15) is 5.82 Å². The van der Waals surface area contributed by atoms with Gasteiger partial charge < -0.3 is 20.9 Å². The number of aryl methyl sites for hydroxylation is 1. The van der Waals surface area contributed by atoms with Crippen molar-refractivity contribution in [3.05, 3.63) is 52.3 Å². The number of hydrogen-bond donors (Lipinski definition) is 2. The summed E-state index contributed by atoms with van der Waals surface area (Å²) in [6.07, 6.45) is 7.48. The Labute approximate surface area is 221 Å². The molecule has 37 heavy (non-hydrogen) atoms. The summed E-state index contributed by atoms with van der Waals surface area (Å²) in [5.41, 5.74) is 9.68. The molecule has 2 saturated heterocycles. The Balaban J connectivity index is 1.31. The zero-order chi connectivity index (χ0) is 25.7. The maximum atomic E-state index is 13.9. The highest BCUT2D eigenvalue weighted by atomic mass is 35.5. The summed E-state index contributed by atoms with van der Waals surface area (Å²) < 4.78 is 1.81. The van der Waals surface area contributed by atoms with Crippen molar-refractivity contribution in [1.82, 2.24) is 19.5 Å². The number of nitrogens with zero attached hydrogens (tertiary/aromatic N) is 5. The number of carbonyl (C=O) groups is 2. The lowest BCUT2D eigenvalue weighted by atomic mass is 9.98. The minimum Gasteiger partial charge on any atom is -0.355 e. The third-order valence-corrected chi connectivity index (χ3v) is 7.91. The van der Waals surface area contributed by atoms with Crippen molar-refractivity contribution in [3.63, 3.8) is 0 Å². The highest BCUT2D eigenvalue weighted by Gasteiger charge is 2.34. The number of amides is 2. The van der Waals surface area contributed by atoms with Crippen LogP contribution in [0.25, 0.3) is 5.65 Å². The average molecular weight is 522 g/mol. The number of rotatable bonds is 5. The standard InChI is InChI=1S/C27H32ClN7O2/c1-16-14-35-24(31-25(16)33-11-9-19(29)15-33)13-22(32-35)23-4-2-3-10-34(23)27(37)20-12-18(28)7-8-21(20)30-26(36)17-5-6-17/h7-8,12-14,17,19,23H,2-6,9-11,15,29H2,1H3,(H,30,36)/t19-,23-/m0/s1. The van der Waals surface area contributed by atoms with Crippen LogP contribution >= 0.6 is 11.6 Å². The molecule has 3 fully saturated rings. The van der Waals surface area contributed by atoms with Gasteiger partial charge in [-0.15, -0.1) is 0 Å². The van der Waals surface area contributed by atoms with Gasteiger partial charge in [-0.1, -0.05) is 11.6 Å². The molecule has 1 saturated carbocycles. The van der Waals surface area contributed by atoms with E-state index in [0.717, 1.165) is 74.3 Å². The summed E-state index contributed by atoms with van der Waals surface area (Å²) in [7, 11) is 0. The highest BCUT2D eigenvalue weighted by molar-refractivity contribution is 6.31. The number of hydrogen-bond acceptors (Lipinski definition) is 6. The van der Waals surface area contributed by atoms with Crippen molar-refractivity contribution in [1.29, 1.82) is 0 Å². The second-order valence-corrected chi connectivity index (χ2v) is 11.0. The van der Waals surface area contributed by atoms with Crippen LogP contribution in [0.5, 0.6) is 0 Å². The number of nitrogens with two attached hydrogens (primary N) is 1. The van der Waals surface area contributed by atoms with E-state index in [2.05, 4.69) is 10.2 Å². The van der Waals surface area contributed by atoms with Crippen LogP contribution in [-0.2, 0) is 4.79 Å². The first-order valence-corrected chi connectivity index (χ1v) is 13.5. The van der Waals surface area contributed by atoms with Gasteiger partial charge in [0.25, 0.3) is 5.91 Å². The molecule has 3 aromatic rings.